The molecule has 20 heavy (non-hydrogen) atoms. The molecule has 0 amide bonds. The Bertz CT molecular complexity index is 744. The second-order valence-electron chi connectivity index (χ2n) is 4.16. The van der Waals surface area contributed by atoms with Gasteiger partial charge in [0.2, 0.25) is 0 Å². The number of aryl methyl sites for hydroxylation is 1. The van der Waals surface area contributed by atoms with Gasteiger partial charge in [-0.3, -0.25) is 4.72 Å². The Morgan fingerprint density at radius 3 is 2.70 bits per heavy atom. The highest BCUT2D eigenvalue weighted by Gasteiger charge is 2.18. The number of nitrogens with one attached hydrogen (secondary N) is 1. The predicted molar refractivity (Wildman–Crippen MR) is 81.9 cm³/mol. The van der Waals surface area contributed by atoms with Crippen molar-refractivity contribution >= 4 is 43.0 Å². The Kier molecular flexibility index (Phi) is 4.48. The van der Waals surface area contributed by atoms with Crippen LogP contribution in [0.1, 0.15) is 11.1 Å². The van der Waals surface area contributed by atoms with E-state index in [2.05, 4.69) is 20.7 Å². The molecule has 0 atom stereocenters. The highest BCUT2D eigenvalue weighted by atomic mass is 79.9. The molecule has 0 saturated heterocycles. The fourth-order valence-electron chi connectivity index (χ4n) is 1.55. The van der Waals surface area contributed by atoms with Gasteiger partial charge in [-0.1, -0.05) is 0 Å². The van der Waals surface area contributed by atoms with Crippen molar-refractivity contribution < 1.29 is 12.8 Å². The Morgan fingerprint density at radius 1 is 1.40 bits per heavy atom. The van der Waals surface area contributed by atoms with Crippen LogP contribution < -0.4 is 10.5 Å². The van der Waals surface area contributed by atoms with Gasteiger partial charge in [0.15, 0.2) is 0 Å². The lowest BCUT2D eigenvalue weighted by molar-refractivity contribution is 0.602. The molecular formula is C12H12BrFN2O2S2. The summed E-state index contributed by atoms with van der Waals surface area (Å²) in [7, 11) is -3.72. The van der Waals surface area contributed by atoms with Gasteiger partial charge < -0.3 is 5.73 Å². The van der Waals surface area contributed by atoms with E-state index in [1.165, 1.54) is 12.1 Å². The molecule has 1 heterocycles. The fourth-order valence-corrected chi connectivity index (χ4v) is 4.35. The average Bonchev–Trinajstić information content (AvgIpc) is 2.85. The first-order valence-electron chi connectivity index (χ1n) is 5.59. The summed E-state index contributed by atoms with van der Waals surface area (Å²) in [5.74, 6) is -0.526. The summed E-state index contributed by atoms with van der Waals surface area (Å²) in [4.78, 5) is 0. The average molecular weight is 379 g/mol. The summed E-state index contributed by atoms with van der Waals surface area (Å²) in [5.41, 5.74) is 7.04. The van der Waals surface area contributed by atoms with Crippen LogP contribution in [0.4, 0.5) is 10.1 Å². The number of rotatable bonds is 4. The fraction of sp³-hybridized carbons (Fsp3) is 0.167. The Morgan fingerprint density at radius 2 is 2.10 bits per heavy atom. The standard InChI is InChI=1S/C12H12BrFN2O2S2/c1-7-2-9(13)10(14)4-11(7)16-20(17,18)12-3-8(5-15)6-19-12/h2-4,6,16H,5,15H2,1H3. The van der Waals surface area contributed by atoms with Gasteiger partial charge in [0.25, 0.3) is 10.0 Å². The molecule has 0 unspecified atom stereocenters. The minimum atomic E-state index is -3.72. The first-order valence-corrected chi connectivity index (χ1v) is 8.75. The number of anilines is 1. The molecule has 108 valence electrons. The van der Waals surface area contributed by atoms with Crippen LogP contribution in [0.3, 0.4) is 0 Å². The molecule has 1 aromatic carbocycles. The van der Waals surface area contributed by atoms with Crippen LogP contribution in [0.5, 0.6) is 0 Å². The lowest BCUT2D eigenvalue weighted by atomic mass is 10.2. The van der Waals surface area contributed by atoms with Gasteiger partial charge in [0.1, 0.15) is 10.0 Å². The van der Waals surface area contributed by atoms with Crippen molar-refractivity contribution in [3.8, 4) is 0 Å². The lowest BCUT2D eigenvalue weighted by Crippen LogP contribution is -2.12. The Hall–Kier alpha value is -0.960. The summed E-state index contributed by atoms with van der Waals surface area (Å²) >= 11 is 4.13. The maximum absolute atomic E-state index is 13.5. The molecule has 1 aromatic heterocycles. The van der Waals surface area contributed by atoms with E-state index in [-0.39, 0.29) is 16.4 Å². The highest BCUT2D eigenvalue weighted by molar-refractivity contribution is 9.10. The van der Waals surface area contributed by atoms with Crippen molar-refractivity contribution in [2.45, 2.75) is 17.7 Å². The van der Waals surface area contributed by atoms with Crippen LogP contribution in [0.25, 0.3) is 0 Å². The van der Waals surface area contributed by atoms with Gasteiger partial charge in [0, 0.05) is 6.54 Å². The van der Waals surface area contributed by atoms with Crippen molar-refractivity contribution in [2.75, 3.05) is 4.72 Å². The van der Waals surface area contributed by atoms with Crippen molar-refractivity contribution in [2.24, 2.45) is 5.73 Å². The Balaban J connectivity index is 2.35. The molecule has 0 fully saturated rings. The molecule has 0 radical (unpaired) electrons. The third kappa shape index (κ3) is 3.20. The lowest BCUT2D eigenvalue weighted by Gasteiger charge is -2.10. The number of sulfonamides is 1. The number of hydrogen-bond donors (Lipinski definition) is 2. The maximum atomic E-state index is 13.5. The maximum Gasteiger partial charge on any atom is 0.271 e. The smallest absolute Gasteiger partial charge is 0.271 e. The molecule has 4 nitrogen and oxygen atoms in total. The van der Waals surface area contributed by atoms with E-state index in [0.717, 1.165) is 23.0 Å². The van der Waals surface area contributed by atoms with E-state index in [0.29, 0.717) is 10.0 Å². The zero-order chi connectivity index (χ0) is 14.9. The molecule has 2 aromatic rings. The number of halogens is 2. The quantitative estimate of drug-likeness (QED) is 0.857. The van der Waals surface area contributed by atoms with E-state index in [4.69, 9.17) is 5.73 Å². The number of hydrogen-bond acceptors (Lipinski definition) is 4. The van der Waals surface area contributed by atoms with E-state index in [1.807, 2.05) is 0 Å². The monoisotopic (exact) mass is 378 g/mol. The van der Waals surface area contributed by atoms with Crippen molar-refractivity contribution in [1.29, 1.82) is 0 Å². The predicted octanol–water partition coefficient (Wildman–Crippen LogP) is 3.22. The summed E-state index contributed by atoms with van der Waals surface area (Å²) in [5, 5.41) is 1.68. The van der Waals surface area contributed by atoms with Gasteiger partial charge in [-0.15, -0.1) is 11.3 Å². The van der Waals surface area contributed by atoms with Crippen LogP contribution in [0.2, 0.25) is 0 Å². The molecule has 2 rings (SSSR count). The third-order valence-electron chi connectivity index (χ3n) is 2.64. The van der Waals surface area contributed by atoms with Gasteiger partial charge in [-0.25, -0.2) is 12.8 Å². The molecule has 8 heteroatoms. The van der Waals surface area contributed by atoms with Crippen molar-refractivity contribution in [3.63, 3.8) is 0 Å². The zero-order valence-electron chi connectivity index (χ0n) is 10.5. The molecule has 0 aliphatic rings. The van der Waals surface area contributed by atoms with Crippen LogP contribution in [0.15, 0.2) is 32.3 Å². The van der Waals surface area contributed by atoms with E-state index >= 15 is 0 Å². The van der Waals surface area contributed by atoms with Crippen LogP contribution in [0, 0.1) is 12.7 Å². The number of nitrogens with two attached hydrogens (primary N) is 1. The number of thiophene rings is 1. The largest absolute Gasteiger partial charge is 0.326 e. The minimum absolute atomic E-state index is 0.153. The number of benzene rings is 1. The second-order valence-corrected chi connectivity index (χ2v) is 7.84. The third-order valence-corrected chi connectivity index (χ3v) is 6.10. The molecule has 0 aliphatic carbocycles. The van der Waals surface area contributed by atoms with Crippen LogP contribution >= 0.6 is 27.3 Å². The normalized spacial score (nSPS) is 11.6. The second kappa shape index (κ2) is 5.80. The van der Waals surface area contributed by atoms with Gasteiger partial charge in [0.05, 0.1) is 10.2 Å². The van der Waals surface area contributed by atoms with Crippen LogP contribution in [-0.4, -0.2) is 8.42 Å². The van der Waals surface area contributed by atoms with Gasteiger partial charge >= 0.3 is 0 Å². The van der Waals surface area contributed by atoms with E-state index < -0.39 is 15.8 Å². The summed E-state index contributed by atoms with van der Waals surface area (Å²) < 4.78 is 40.7. The summed E-state index contributed by atoms with van der Waals surface area (Å²) in [6.07, 6.45) is 0. The molecule has 0 aliphatic heterocycles. The van der Waals surface area contributed by atoms with Crippen molar-refractivity contribution in [1.82, 2.24) is 0 Å². The Labute approximate surface area is 129 Å². The SMILES string of the molecule is Cc1cc(Br)c(F)cc1NS(=O)(=O)c1cc(CN)cs1. The first kappa shape index (κ1) is 15.4. The molecule has 0 saturated carbocycles. The molecule has 0 bridgehead atoms. The first-order chi connectivity index (χ1) is 9.33. The topological polar surface area (TPSA) is 72.2 Å². The van der Waals surface area contributed by atoms with Gasteiger partial charge in [-0.05, 0) is 57.6 Å². The molecule has 0 spiro atoms. The minimum Gasteiger partial charge on any atom is -0.326 e. The zero-order valence-corrected chi connectivity index (χ0v) is 13.7. The van der Waals surface area contributed by atoms with Crippen LogP contribution in [-0.2, 0) is 16.6 Å². The van der Waals surface area contributed by atoms with E-state index in [1.54, 1.807) is 12.3 Å². The molecule has 3 N–H and O–H groups in total. The van der Waals surface area contributed by atoms with Gasteiger partial charge in [-0.2, -0.15) is 0 Å². The highest BCUT2D eigenvalue weighted by Crippen LogP contribution is 2.27. The van der Waals surface area contributed by atoms with E-state index in [9.17, 15) is 12.8 Å². The molecular weight excluding hydrogens is 367 g/mol. The summed E-state index contributed by atoms with van der Waals surface area (Å²) in [6, 6.07) is 4.18. The van der Waals surface area contributed by atoms with Crippen molar-refractivity contribution in [3.05, 3.63) is 45.0 Å². The summed E-state index contributed by atoms with van der Waals surface area (Å²) in [6.45, 7) is 1.97.